The molecular formula is C18H15F2N3O3. The van der Waals surface area contributed by atoms with E-state index in [4.69, 9.17) is 5.11 Å². The van der Waals surface area contributed by atoms with Gasteiger partial charge in [-0.15, -0.1) is 0 Å². The molecule has 0 spiro atoms. The summed E-state index contributed by atoms with van der Waals surface area (Å²) in [6, 6.07) is 12.2. The van der Waals surface area contributed by atoms with E-state index in [1.807, 2.05) is 0 Å². The quantitative estimate of drug-likeness (QED) is 0.708. The maximum absolute atomic E-state index is 13.3. The molecule has 0 aliphatic heterocycles. The lowest BCUT2D eigenvalue weighted by molar-refractivity contribution is 0.0694. The van der Waals surface area contributed by atoms with Crippen molar-refractivity contribution in [1.29, 1.82) is 0 Å². The molecule has 1 aromatic heterocycles. The number of para-hydroxylation sites is 2. The van der Waals surface area contributed by atoms with Crippen LogP contribution >= 0.6 is 0 Å². The number of aromatic nitrogens is 2. The number of carboxylic acid groups (broad SMARTS) is 1. The van der Waals surface area contributed by atoms with Gasteiger partial charge in [0.25, 0.3) is 5.91 Å². The van der Waals surface area contributed by atoms with Gasteiger partial charge in [0.2, 0.25) is 0 Å². The summed E-state index contributed by atoms with van der Waals surface area (Å²) in [5.74, 6) is -1.45. The van der Waals surface area contributed by atoms with Gasteiger partial charge in [-0.3, -0.25) is 9.36 Å². The molecule has 0 aliphatic rings. The molecule has 8 heteroatoms. The number of halogens is 2. The van der Waals surface area contributed by atoms with Crippen LogP contribution in [0.25, 0.3) is 11.0 Å². The molecule has 0 unspecified atom stereocenters. The van der Waals surface area contributed by atoms with Crippen LogP contribution < -0.4 is 5.32 Å². The molecular weight excluding hydrogens is 344 g/mol. The van der Waals surface area contributed by atoms with E-state index in [-0.39, 0.29) is 29.9 Å². The molecule has 2 aromatic carbocycles. The number of fused-ring (bicyclic) bond motifs is 1. The third kappa shape index (κ3) is 3.53. The van der Waals surface area contributed by atoms with Crippen LogP contribution in [0.3, 0.4) is 0 Å². The third-order valence-corrected chi connectivity index (χ3v) is 3.87. The zero-order valence-corrected chi connectivity index (χ0v) is 13.5. The van der Waals surface area contributed by atoms with Gasteiger partial charge in [0.05, 0.1) is 16.6 Å². The van der Waals surface area contributed by atoms with Crippen LogP contribution in [0.2, 0.25) is 0 Å². The highest BCUT2D eigenvalue weighted by Gasteiger charge is 2.17. The fourth-order valence-electron chi connectivity index (χ4n) is 2.67. The fraction of sp³-hybridized carbons (Fsp3) is 0.167. The molecule has 0 aliphatic carbocycles. The molecule has 26 heavy (non-hydrogen) atoms. The summed E-state index contributed by atoms with van der Waals surface area (Å²) < 4.78 is 27.5. The van der Waals surface area contributed by atoms with E-state index in [9.17, 15) is 18.4 Å². The molecule has 0 saturated carbocycles. The SMILES string of the molecule is O=C(O)c1cccc(C(=O)NCCc2nc3ccccc3n2C(F)F)c1. The first-order chi connectivity index (χ1) is 12.5. The van der Waals surface area contributed by atoms with E-state index in [1.54, 1.807) is 24.3 Å². The van der Waals surface area contributed by atoms with Crippen molar-refractivity contribution in [3.8, 4) is 0 Å². The highest BCUT2D eigenvalue weighted by Crippen LogP contribution is 2.23. The van der Waals surface area contributed by atoms with Crippen molar-refractivity contribution >= 4 is 22.9 Å². The molecule has 134 valence electrons. The molecule has 3 rings (SSSR count). The second kappa shape index (κ2) is 7.30. The maximum atomic E-state index is 13.3. The number of amides is 1. The van der Waals surface area contributed by atoms with Crippen LogP contribution in [0.5, 0.6) is 0 Å². The number of aromatic carboxylic acids is 1. The number of nitrogens with zero attached hydrogens (tertiary/aromatic N) is 2. The van der Waals surface area contributed by atoms with Gasteiger partial charge in [-0.2, -0.15) is 8.78 Å². The van der Waals surface area contributed by atoms with Crippen molar-refractivity contribution in [2.24, 2.45) is 0 Å². The zero-order valence-electron chi connectivity index (χ0n) is 13.5. The number of imidazole rings is 1. The number of alkyl halides is 2. The van der Waals surface area contributed by atoms with Gasteiger partial charge in [-0.1, -0.05) is 18.2 Å². The van der Waals surface area contributed by atoms with E-state index < -0.39 is 18.4 Å². The van der Waals surface area contributed by atoms with E-state index >= 15 is 0 Å². The van der Waals surface area contributed by atoms with Crippen molar-refractivity contribution in [3.05, 3.63) is 65.5 Å². The highest BCUT2D eigenvalue weighted by atomic mass is 19.3. The van der Waals surface area contributed by atoms with Crippen molar-refractivity contribution < 1.29 is 23.5 Å². The number of carbonyl (C=O) groups excluding carboxylic acids is 1. The first-order valence-electron chi connectivity index (χ1n) is 7.83. The Morgan fingerprint density at radius 1 is 1.12 bits per heavy atom. The van der Waals surface area contributed by atoms with E-state index in [0.717, 1.165) is 4.57 Å². The molecule has 0 saturated heterocycles. The lowest BCUT2D eigenvalue weighted by Gasteiger charge is -2.09. The van der Waals surface area contributed by atoms with Gasteiger partial charge in [0, 0.05) is 18.5 Å². The smallest absolute Gasteiger partial charge is 0.335 e. The molecule has 0 radical (unpaired) electrons. The third-order valence-electron chi connectivity index (χ3n) is 3.87. The van der Waals surface area contributed by atoms with Gasteiger partial charge in [0.1, 0.15) is 5.82 Å². The van der Waals surface area contributed by atoms with Gasteiger partial charge < -0.3 is 10.4 Å². The first-order valence-corrected chi connectivity index (χ1v) is 7.83. The molecule has 0 atom stereocenters. The minimum Gasteiger partial charge on any atom is -0.478 e. The van der Waals surface area contributed by atoms with Gasteiger partial charge in [-0.25, -0.2) is 9.78 Å². The summed E-state index contributed by atoms with van der Waals surface area (Å²) >= 11 is 0. The Hall–Kier alpha value is -3.29. The predicted molar refractivity (Wildman–Crippen MR) is 90.4 cm³/mol. The fourth-order valence-corrected chi connectivity index (χ4v) is 2.67. The molecule has 1 heterocycles. The first kappa shape index (κ1) is 17.5. The Morgan fingerprint density at radius 2 is 1.85 bits per heavy atom. The van der Waals surface area contributed by atoms with E-state index in [0.29, 0.717) is 11.0 Å². The minimum absolute atomic E-state index is 0.00265. The van der Waals surface area contributed by atoms with E-state index in [2.05, 4.69) is 10.3 Å². The summed E-state index contributed by atoms with van der Waals surface area (Å²) in [6.07, 6.45) is 0.114. The molecule has 2 N–H and O–H groups in total. The summed E-state index contributed by atoms with van der Waals surface area (Å²) in [7, 11) is 0. The van der Waals surface area contributed by atoms with Crippen LogP contribution in [0.4, 0.5) is 8.78 Å². The molecule has 6 nitrogen and oxygen atoms in total. The Labute approximate surface area is 147 Å². The van der Waals surface area contributed by atoms with Crippen molar-refractivity contribution in [1.82, 2.24) is 14.9 Å². The summed E-state index contributed by atoms with van der Waals surface area (Å²) in [5.41, 5.74) is 0.977. The van der Waals surface area contributed by atoms with Crippen LogP contribution in [0.1, 0.15) is 33.1 Å². The lowest BCUT2D eigenvalue weighted by Crippen LogP contribution is -2.26. The Bertz CT molecular complexity index is 969. The average Bonchev–Trinajstić information content (AvgIpc) is 3.00. The molecule has 0 bridgehead atoms. The van der Waals surface area contributed by atoms with Crippen LogP contribution in [0.15, 0.2) is 48.5 Å². The van der Waals surface area contributed by atoms with Crippen LogP contribution in [-0.2, 0) is 6.42 Å². The van der Waals surface area contributed by atoms with Crippen LogP contribution in [0, 0.1) is 0 Å². The Kier molecular flexibility index (Phi) is 4.92. The number of carbonyl (C=O) groups is 2. The van der Waals surface area contributed by atoms with Crippen molar-refractivity contribution in [3.63, 3.8) is 0 Å². The monoisotopic (exact) mass is 359 g/mol. The second-order valence-corrected chi connectivity index (χ2v) is 5.56. The summed E-state index contributed by atoms with van der Waals surface area (Å²) in [4.78, 5) is 27.3. The number of hydrogen-bond acceptors (Lipinski definition) is 3. The number of hydrogen-bond donors (Lipinski definition) is 2. The largest absolute Gasteiger partial charge is 0.478 e. The molecule has 3 aromatic rings. The predicted octanol–water partition coefficient (Wildman–Crippen LogP) is 3.10. The van der Waals surface area contributed by atoms with Gasteiger partial charge in [-0.05, 0) is 30.3 Å². The van der Waals surface area contributed by atoms with Gasteiger partial charge in [0.15, 0.2) is 0 Å². The molecule has 0 fully saturated rings. The highest BCUT2D eigenvalue weighted by molar-refractivity contribution is 5.97. The van der Waals surface area contributed by atoms with Crippen molar-refractivity contribution in [2.75, 3.05) is 6.54 Å². The van der Waals surface area contributed by atoms with Gasteiger partial charge >= 0.3 is 12.5 Å². The average molecular weight is 359 g/mol. The second-order valence-electron chi connectivity index (χ2n) is 5.56. The number of benzene rings is 2. The summed E-state index contributed by atoms with van der Waals surface area (Å²) in [6.45, 7) is -2.65. The minimum atomic E-state index is -2.74. The number of nitrogens with one attached hydrogen (secondary N) is 1. The zero-order chi connectivity index (χ0) is 18.7. The maximum Gasteiger partial charge on any atom is 0.335 e. The number of carboxylic acids is 1. The Balaban J connectivity index is 1.71. The van der Waals surface area contributed by atoms with Crippen LogP contribution in [-0.4, -0.2) is 33.1 Å². The van der Waals surface area contributed by atoms with Crippen molar-refractivity contribution in [2.45, 2.75) is 13.0 Å². The summed E-state index contributed by atoms with van der Waals surface area (Å²) in [5, 5.41) is 11.5. The topological polar surface area (TPSA) is 84.2 Å². The Morgan fingerprint density at radius 3 is 2.58 bits per heavy atom. The van der Waals surface area contributed by atoms with E-state index in [1.165, 1.54) is 24.3 Å². The standard InChI is InChI=1S/C18H15F2N3O3/c19-18(20)23-14-7-2-1-6-13(14)22-15(23)8-9-21-16(24)11-4-3-5-12(10-11)17(25)26/h1-7,10,18H,8-9H2,(H,21,24)(H,25,26). The lowest BCUT2D eigenvalue weighted by atomic mass is 10.1. The molecule has 1 amide bonds. The normalized spacial score (nSPS) is 11.0. The number of rotatable bonds is 6.